The maximum Gasteiger partial charge on any atom is 0.252 e. The summed E-state index contributed by atoms with van der Waals surface area (Å²) in [5, 5.41) is 1.13. The number of benzene rings is 2. The van der Waals surface area contributed by atoms with E-state index in [1.807, 2.05) is 6.07 Å². The maximum absolute atomic E-state index is 12.9. The highest BCUT2D eigenvalue weighted by atomic mass is 16.1. The lowest BCUT2D eigenvalue weighted by atomic mass is 9.86. The lowest BCUT2D eigenvalue weighted by Crippen LogP contribution is -2.34. The Bertz CT molecular complexity index is 1080. The summed E-state index contributed by atoms with van der Waals surface area (Å²) in [4.78, 5) is 18.5. The highest BCUT2D eigenvalue weighted by Gasteiger charge is 2.24. The van der Waals surface area contributed by atoms with Crippen molar-refractivity contribution >= 4 is 10.9 Å². The van der Waals surface area contributed by atoms with Gasteiger partial charge < -0.3 is 4.98 Å². The van der Waals surface area contributed by atoms with Crippen LogP contribution >= 0.6 is 0 Å². The molecule has 0 amide bonds. The van der Waals surface area contributed by atoms with E-state index in [1.54, 1.807) is 0 Å². The third-order valence-electron chi connectivity index (χ3n) is 6.81. The zero-order valence-corrected chi connectivity index (χ0v) is 19.5. The number of pyridine rings is 1. The largest absolute Gasteiger partial charge is 0.322 e. The predicted octanol–water partition coefficient (Wildman–Crippen LogP) is 6.33. The molecule has 31 heavy (non-hydrogen) atoms. The fourth-order valence-electron chi connectivity index (χ4n) is 4.79. The van der Waals surface area contributed by atoms with Crippen LogP contribution in [0.15, 0.2) is 53.3 Å². The molecule has 0 spiro atoms. The van der Waals surface area contributed by atoms with Crippen LogP contribution in [-0.2, 0) is 24.9 Å². The van der Waals surface area contributed by atoms with E-state index in [1.165, 1.54) is 42.4 Å². The van der Waals surface area contributed by atoms with Gasteiger partial charge in [0.25, 0.3) is 5.56 Å². The third kappa shape index (κ3) is 5.10. The van der Waals surface area contributed by atoms with Crippen LogP contribution in [0.3, 0.4) is 0 Å². The second-order valence-electron chi connectivity index (χ2n) is 10.2. The Kier molecular flexibility index (Phi) is 6.34. The molecule has 3 aromatic rings. The molecule has 1 N–H and O–H groups in total. The molecule has 1 fully saturated rings. The molecule has 164 valence electrons. The summed E-state index contributed by atoms with van der Waals surface area (Å²) >= 11 is 0. The summed E-state index contributed by atoms with van der Waals surface area (Å²) in [7, 11) is 0. The van der Waals surface area contributed by atoms with Crippen LogP contribution in [0.2, 0.25) is 0 Å². The molecule has 0 atom stereocenters. The first-order valence-corrected chi connectivity index (χ1v) is 11.8. The minimum Gasteiger partial charge on any atom is -0.322 e. The number of aryl methyl sites for hydroxylation is 1. The van der Waals surface area contributed by atoms with Crippen LogP contribution in [0.4, 0.5) is 0 Å². The van der Waals surface area contributed by atoms with Crippen molar-refractivity contribution in [1.82, 2.24) is 9.88 Å². The van der Waals surface area contributed by atoms with E-state index in [0.29, 0.717) is 12.6 Å². The van der Waals surface area contributed by atoms with E-state index in [4.69, 9.17) is 0 Å². The summed E-state index contributed by atoms with van der Waals surface area (Å²) in [6.45, 7) is 10.5. The molecule has 0 unspecified atom stereocenters. The average molecular weight is 417 g/mol. The molecule has 3 nitrogen and oxygen atoms in total. The van der Waals surface area contributed by atoms with Crippen molar-refractivity contribution in [2.75, 3.05) is 0 Å². The van der Waals surface area contributed by atoms with Crippen LogP contribution in [0.1, 0.15) is 75.6 Å². The molecular formula is C28H36N2O. The molecule has 2 aromatic carbocycles. The summed E-state index contributed by atoms with van der Waals surface area (Å²) in [5.74, 6) is 0. The highest BCUT2D eigenvalue weighted by Crippen LogP contribution is 2.28. The molecule has 1 aliphatic carbocycles. The number of aromatic amines is 1. The Hall–Kier alpha value is -2.39. The first kappa shape index (κ1) is 21.8. The number of aromatic nitrogens is 1. The van der Waals surface area contributed by atoms with Crippen molar-refractivity contribution < 1.29 is 0 Å². The number of H-pyrrole nitrogens is 1. The van der Waals surface area contributed by atoms with Crippen LogP contribution in [0.5, 0.6) is 0 Å². The van der Waals surface area contributed by atoms with Crippen molar-refractivity contribution in [2.24, 2.45) is 0 Å². The van der Waals surface area contributed by atoms with Gasteiger partial charge in [-0.05, 0) is 65.0 Å². The third-order valence-corrected chi connectivity index (χ3v) is 6.81. The van der Waals surface area contributed by atoms with Crippen molar-refractivity contribution in [3.05, 3.63) is 81.1 Å². The molecule has 3 heteroatoms. The first-order valence-electron chi connectivity index (χ1n) is 11.8. The molecule has 1 saturated carbocycles. The van der Waals surface area contributed by atoms with Gasteiger partial charge in [0.2, 0.25) is 0 Å². The van der Waals surface area contributed by atoms with Gasteiger partial charge in [-0.25, -0.2) is 0 Å². The molecule has 1 aromatic heterocycles. The standard InChI is InChI=1S/C28H36N2O/c1-5-20-12-15-26-22(16-20)17-23(27(31)29-26)19-30(25-8-6-7-9-25)18-21-10-13-24(14-11-21)28(2,3)4/h10-17,25H,5-9,18-19H2,1-4H3,(H,29,31). The maximum atomic E-state index is 12.9. The van der Waals surface area contributed by atoms with Gasteiger partial charge in [-0.3, -0.25) is 9.69 Å². The van der Waals surface area contributed by atoms with Gasteiger partial charge in [0.05, 0.1) is 0 Å². The monoisotopic (exact) mass is 416 g/mol. The second-order valence-corrected chi connectivity index (χ2v) is 10.2. The molecule has 4 rings (SSSR count). The fraction of sp³-hybridized carbons (Fsp3) is 0.464. The van der Waals surface area contributed by atoms with Gasteiger partial charge in [-0.15, -0.1) is 0 Å². The number of nitrogens with zero attached hydrogens (tertiary/aromatic N) is 1. The predicted molar refractivity (Wildman–Crippen MR) is 131 cm³/mol. The smallest absolute Gasteiger partial charge is 0.252 e. The van der Waals surface area contributed by atoms with E-state index in [0.717, 1.165) is 29.4 Å². The van der Waals surface area contributed by atoms with Crippen LogP contribution in [-0.4, -0.2) is 15.9 Å². The normalized spacial score (nSPS) is 15.3. The van der Waals surface area contributed by atoms with Crippen molar-refractivity contribution in [2.45, 2.75) is 84.3 Å². The average Bonchev–Trinajstić information content (AvgIpc) is 3.28. The molecule has 0 saturated heterocycles. The number of hydrogen-bond donors (Lipinski definition) is 1. The van der Waals surface area contributed by atoms with Crippen LogP contribution in [0, 0.1) is 0 Å². The molecule has 0 radical (unpaired) electrons. The van der Waals surface area contributed by atoms with E-state index in [2.05, 4.69) is 80.0 Å². The highest BCUT2D eigenvalue weighted by molar-refractivity contribution is 5.79. The Balaban J connectivity index is 1.61. The summed E-state index contributed by atoms with van der Waals surface area (Å²) in [6, 6.07) is 18.1. The number of fused-ring (bicyclic) bond motifs is 1. The zero-order valence-electron chi connectivity index (χ0n) is 19.5. The fourth-order valence-corrected chi connectivity index (χ4v) is 4.79. The SMILES string of the molecule is CCc1ccc2[nH]c(=O)c(CN(Cc3ccc(C(C)(C)C)cc3)C3CCCC3)cc2c1. The van der Waals surface area contributed by atoms with Crippen LogP contribution < -0.4 is 5.56 Å². The van der Waals surface area contributed by atoms with Gasteiger partial charge in [0.1, 0.15) is 0 Å². The quantitative estimate of drug-likeness (QED) is 0.509. The number of rotatable bonds is 6. The first-order chi connectivity index (χ1) is 14.8. The minimum atomic E-state index is 0.0443. The van der Waals surface area contributed by atoms with Crippen molar-refractivity contribution in [3.8, 4) is 0 Å². The van der Waals surface area contributed by atoms with Gasteiger partial charge in [0, 0.05) is 30.2 Å². The Morgan fingerprint density at radius 2 is 1.61 bits per heavy atom. The molecular weight excluding hydrogens is 380 g/mol. The molecule has 0 aliphatic heterocycles. The van der Waals surface area contributed by atoms with Crippen molar-refractivity contribution in [3.63, 3.8) is 0 Å². The lowest BCUT2D eigenvalue weighted by molar-refractivity contribution is 0.180. The number of nitrogens with one attached hydrogen (secondary N) is 1. The second kappa shape index (κ2) is 9.00. The molecule has 1 aliphatic rings. The summed E-state index contributed by atoms with van der Waals surface area (Å²) in [6.07, 6.45) is 6.04. The van der Waals surface area contributed by atoms with E-state index >= 15 is 0 Å². The van der Waals surface area contributed by atoms with E-state index in [-0.39, 0.29) is 11.0 Å². The van der Waals surface area contributed by atoms with Gasteiger partial charge >= 0.3 is 0 Å². The number of hydrogen-bond acceptors (Lipinski definition) is 2. The van der Waals surface area contributed by atoms with Gasteiger partial charge in [0.15, 0.2) is 0 Å². The summed E-state index contributed by atoms with van der Waals surface area (Å²) in [5.41, 5.74) is 6.00. The van der Waals surface area contributed by atoms with Crippen molar-refractivity contribution in [1.29, 1.82) is 0 Å². The topological polar surface area (TPSA) is 36.1 Å². The Morgan fingerprint density at radius 1 is 0.935 bits per heavy atom. The molecule has 0 bridgehead atoms. The zero-order chi connectivity index (χ0) is 22.0. The molecule has 1 heterocycles. The lowest BCUT2D eigenvalue weighted by Gasteiger charge is -2.29. The Labute approximate surface area is 186 Å². The van der Waals surface area contributed by atoms with E-state index < -0.39 is 0 Å². The van der Waals surface area contributed by atoms with Gasteiger partial charge in [-0.2, -0.15) is 0 Å². The Morgan fingerprint density at radius 3 is 2.26 bits per heavy atom. The van der Waals surface area contributed by atoms with Gasteiger partial charge in [-0.1, -0.05) is 70.9 Å². The minimum absolute atomic E-state index is 0.0443. The van der Waals surface area contributed by atoms with Crippen LogP contribution in [0.25, 0.3) is 10.9 Å². The van der Waals surface area contributed by atoms with E-state index in [9.17, 15) is 4.79 Å². The summed E-state index contributed by atoms with van der Waals surface area (Å²) < 4.78 is 0.